The zero-order valence-electron chi connectivity index (χ0n) is 13.5. The lowest BCUT2D eigenvalue weighted by molar-refractivity contribution is 0.0595. The van der Waals surface area contributed by atoms with E-state index in [1.165, 1.54) is 0 Å². The predicted molar refractivity (Wildman–Crippen MR) is 93.8 cm³/mol. The van der Waals surface area contributed by atoms with Crippen molar-refractivity contribution in [3.8, 4) is 11.5 Å². The predicted octanol–water partition coefficient (Wildman–Crippen LogP) is 4.04. The minimum Gasteiger partial charge on any atom is -0.508 e. The van der Waals surface area contributed by atoms with Crippen LogP contribution in [0, 0.1) is 6.92 Å². The second-order valence-electron chi connectivity index (χ2n) is 6.06. The van der Waals surface area contributed by atoms with E-state index in [1.54, 1.807) is 18.2 Å². The van der Waals surface area contributed by atoms with Crippen molar-refractivity contribution in [1.29, 1.82) is 0 Å². The number of rotatable bonds is 3. The molecular formula is C19H20ClNO3. The molecule has 1 N–H and O–H groups in total. The maximum Gasteiger partial charge on any atom is 0.254 e. The molecule has 1 fully saturated rings. The molecule has 1 aliphatic heterocycles. The molecule has 0 unspecified atom stereocenters. The van der Waals surface area contributed by atoms with Crippen LogP contribution in [0.4, 0.5) is 0 Å². The van der Waals surface area contributed by atoms with Gasteiger partial charge in [0.15, 0.2) is 0 Å². The number of phenols is 1. The Morgan fingerprint density at radius 3 is 2.46 bits per heavy atom. The van der Waals surface area contributed by atoms with Crippen molar-refractivity contribution >= 4 is 17.5 Å². The highest BCUT2D eigenvalue weighted by molar-refractivity contribution is 6.30. The zero-order chi connectivity index (χ0) is 17.1. The molecule has 0 radical (unpaired) electrons. The van der Waals surface area contributed by atoms with Crippen molar-refractivity contribution in [2.24, 2.45) is 0 Å². The molecule has 1 saturated heterocycles. The summed E-state index contributed by atoms with van der Waals surface area (Å²) < 4.78 is 5.95. The van der Waals surface area contributed by atoms with Gasteiger partial charge in [0.05, 0.1) is 0 Å². The van der Waals surface area contributed by atoms with Gasteiger partial charge in [0, 0.05) is 36.5 Å². The number of likely N-dealkylation sites (tertiary alicyclic amines) is 1. The van der Waals surface area contributed by atoms with Gasteiger partial charge >= 0.3 is 0 Å². The van der Waals surface area contributed by atoms with E-state index in [4.69, 9.17) is 16.3 Å². The standard InChI is InChI=1S/C19H20ClNO3/c1-13-12-15(22)4-7-18(13)19(23)21-10-8-17(9-11-21)24-16-5-2-14(20)3-6-16/h2-7,12,17,22H,8-11H2,1H3. The third-order valence-corrected chi connectivity index (χ3v) is 4.54. The van der Waals surface area contributed by atoms with Gasteiger partial charge in [-0.05, 0) is 55.0 Å². The number of aryl methyl sites for hydroxylation is 1. The van der Waals surface area contributed by atoms with Crippen LogP contribution in [-0.4, -0.2) is 35.1 Å². The summed E-state index contributed by atoms with van der Waals surface area (Å²) in [6.07, 6.45) is 1.70. The van der Waals surface area contributed by atoms with E-state index in [1.807, 2.05) is 36.1 Å². The van der Waals surface area contributed by atoms with E-state index in [-0.39, 0.29) is 17.8 Å². The lowest BCUT2D eigenvalue weighted by Gasteiger charge is -2.32. The van der Waals surface area contributed by atoms with Crippen LogP contribution >= 0.6 is 11.6 Å². The van der Waals surface area contributed by atoms with Crippen LogP contribution < -0.4 is 4.74 Å². The maximum atomic E-state index is 12.6. The molecule has 5 heteroatoms. The van der Waals surface area contributed by atoms with E-state index in [0.717, 1.165) is 24.2 Å². The molecule has 1 amide bonds. The third-order valence-electron chi connectivity index (χ3n) is 4.29. The van der Waals surface area contributed by atoms with Crippen LogP contribution in [0.3, 0.4) is 0 Å². The van der Waals surface area contributed by atoms with Crippen LogP contribution in [0.2, 0.25) is 5.02 Å². The third kappa shape index (κ3) is 3.82. The first kappa shape index (κ1) is 16.7. The highest BCUT2D eigenvalue weighted by atomic mass is 35.5. The topological polar surface area (TPSA) is 49.8 Å². The lowest BCUT2D eigenvalue weighted by Crippen LogP contribution is -2.42. The number of ether oxygens (including phenoxy) is 1. The second kappa shape index (κ2) is 7.14. The molecular weight excluding hydrogens is 326 g/mol. The number of carbonyl (C=O) groups is 1. The van der Waals surface area contributed by atoms with Crippen molar-refractivity contribution in [3.63, 3.8) is 0 Å². The molecule has 3 rings (SSSR count). The summed E-state index contributed by atoms with van der Waals surface area (Å²) in [6, 6.07) is 12.2. The van der Waals surface area contributed by atoms with Gasteiger partial charge in [0.2, 0.25) is 0 Å². The largest absolute Gasteiger partial charge is 0.508 e. The van der Waals surface area contributed by atoms with Crippen molar-refractivity contribution < 1.29 is 14.6 Å². The Labute approximate surface area is 146 Å². The molecule has 0 aromatic heterocycles. The SMILES string of the molecule is Cc1cc(O)ccc1C(=O)N1CCC(Oc2ccc(Cl)cc2)CC1. The first-order valence-electron chi connectivity index (χ1n) is 8.04. The van der Waals surface area contributed by atoms with E-state index < -0.39 is 0 Å². The molecule has 1 aliphatic rings. The average molecular weight is 346 g/mol. The lowest BCUT2D eigenvalue weighted by atomic mass is 10.0. The average Bonchev–Trinajstić information content (AvgIpc) is 2.57. The van der Waals surface area contributed by atoms with Gasteiger partial charge in [-0.2, -0.15) is 0 Å². The Bertz CT molecular complexity index is 722. The van der Waals surface area contributed by atoms with Crippen molar-refractivity contribution in [2.75, 3.05) is 13.1 Å². The minimum absolute atomic E-state index is 0.0115. The van der Waals surface area contributed by atoms with Crippen LogP contribution in [-0.2, 0) is 0 Å². The van der Waals surface area contributed by atoms with Crippen LogP contribution in [0.5, 0.6) is 11.5 Å². The molecule has 126 valence electrons. The Morgan fingerprint density at radius 1 is 1.17 bits per heavy atom. The number of piperidine rings is 1. The Kier molecular flexibility index (Phi) is 4.95. The van der Waals surface area contributed by atoms with Gasteiger partial charge in [0.1, 0.15) is 17.6 Å². The number of halogens is 1. The Hall–Kier alpha value is -2.20. The van der Waals surface area contributed by atoms with Crippen molar-refractivity contribution in [1.82, 2.24) is 4.90 Å². The Balaban J connectivity index is 1.58. The summed E-state index contributed by atoms with van der Waals surface area (Å²) in [5.41, 5.74) is 1.43. The van der Waals surface area contributed by atoms with Gasteiger partial charge in [-0.25, -0.2) is 0 Å². The van der Waals surface area contributed by atoms with Crippen molar-refractivity contribution in [2.45, 2.75) is 25.9 Å². The number of phenolic OH excluding ortho intramolecular Hbond substituents is 1. The molecule has 2 aromatic rings. The highest BCUT2D eigenvalue weighted by Gasteiger charge is 2.25. The summed E-state index contributed by atoms with van der Waals surface area (Å²) in [7, 11) is 0. The van der Waals surface area contributed by atoms with E-state index in [2.05, 4.69) is 0 Å². The molecule has 0 bridgehead atoms. The fourth-order valence-corrected chi connectivity index (χ4v) is 3.07. The number of nitrogens with zero attached hydrogens (tertiary/aromatic N) is 1. The number of amides is 1. The second-order valence-corrected chi connectivity index (χ2v) is 6.50. The zero-order valence-corrected chi connectivity index (χ0v) is 14.3. The van der Waals surface area contributed by atoms with Crippen LogP contribution in [0.25, 0.3) is 0 Å². The molecule has 24 heavy (non-hydrogen) atoms. The molecule has 0 spiro atoms. The number of hydrogen-bond donors (Lipinski definition) is 1. The van der Waals surface area contributed by atoms with Gasteiger partial charge in [-0.1, -0.05) is 11.6 Å². The molecule has 1 heterocycles. The first-order valence-corrected chi connectivity index (χ1v) is 8.42. The fourth-order valence-electron chi connectivity index (χ4n) is 2.94. The molecule has 0 saturated carbocycles. The quantitative estimate of drug-likeness (QED) is 0.913. The van der Waals surface area contributed by atoms with Gasteiger partial charge in [0.25, 0.3) is 5.91 Å². The number of hydrogen-bond acceptors (Lipinski definition) is 3. The summed E-state index contributed by atoms with van der Waals surface area (Å²) in [5, 5.41) is 10.2. The minimum atomic E-state index is 0.0115. The number of carbonyl (C=O) groups excluding carboxylic acids is 1. The Morgan fingerprint density at radius 2 is 1.83 bits per heavy atom. The summed E-state index contributed by atoms with van der Waals surface area (Å²) in [4.78, 5) is 14.5. The monoisotopic (exact) mass is 345 g/mol. The number of aromatic hydroxyl groups is 1. The van der Waals surface area contributed by atoms with Gasteiger partial charge in [-0.3, -0.25) is 4.79 Å². The molecule has 2 aromatic carbocycles. The van der Waals surface area contributed by atoms with Crippen LogP contribution in [0.1, 0.15) is 28.8 Å². The molecule has 0 aliphatic carbocycles. The van der Waals surface area contributed by atoms with Gasteiger partial charge in [-0.15, -0.1) is 0 Å². The smallest absolute Gasteiger partial charge is 0.254 e. The van der Waals surface area contributed by atoms with E-state index in [9.17, 15) is 9.90 Å². The highest BCUT2D eigenvalue weighted by Crippen LogP contribution is 2.23. The van der Waals surface area contributed by atoms with E-state index in [0.29, 0.717) is 23.7 Å². The fraction of sp³-hybridized carbons (Fsp3) is 0.316. The normalized spacial score (nSPS) is 15.3. The summed E-state index contributed by atoms with van der Waals surface area (Å²) in [5.74, 6) is 0.995. The van der Waals surface area contributed by atoms with Crippen LogP contribution in [0.15, 0.2) is 42.5 Å². The summed E-state index contributed by atoms with van der Waals surface area (Å²) >= 11 is 5.87. The molecule has 0 atom stereocenters. The summed E-state index contributed by atoms with van der Waals surface area (Å²) in [6.45, 7) is 3.16. The van der Waals surface area contributed by atoms with Gasteiger partial charge < -0.3 is 14.7 Å². The first-order chi connectivity index (χ1) is 11.5. The number of benzene rings is 2. The van der Waals surface area contributed by atoms with E-state index >= 15 is 0 Å². The molecule has 4 nitrogen and oxygen atoms in total. The van der Waals surface area contributed by atoms with Crippen molar-refractivity contribution in [3.05, 3.63) is 58.6 Å². The maximum absolute atomic E-state index is 12.6.